The Morgan fingerprint density at radius 3 is 2.57 bits per heavy atom. The van der Waals surface area contributed by atoms with Crippen LogP contribution >= 0.6 is 0 Å². The van der Waals surface area contributed by atoms with E-state index in [1.165, 1.54) is 16.7 Å². The number of carbonyl (C=O) groups excluding carboxylic acids is 1. The topological polar surface area (TPSA) is 71.5 Å². The summed E-state index contributed by atoms with van der Waals surface area (Å²) < 4.78 is 45.6. The average molecular weight is 512 g/mol. The Morgan fingerprint density at radius 2 is 1.86 bits per heavy atom. The van der Waals surface area contributed by atoms with Crippen LogP contribution in [0.3, 0.4) is 0 Å². The van der Waals surface area contributed by atoms with E-state index >= 15 is 0 Å². The lowest BCUT2D eigenvalue weighted by atomic mass is 10.0. The summed E-state index contributed by atoms with van der Waals surface area (Å²) in [7, 11) is 1.05. The number of anilines is 2. The van der Waals surface area contributed by atoms with Gasteiger partial charge in [0.15, 0.2) is 5.82 Å². The van der Waals surface area contributed by atoms with Gasteiger partial charge in [0.2, 0.25) is 0 Å². The predicted octanol–water partition coefficient (Wildman–Crippen LogP) is 4.47. The summed E-state index contributed by atoms with van der Waals surface area (Å²) in [6, 6.07) is 11.0. The van der Waals surface area contributed by atoms with Gasteiger partial charge in [0.1, 0.15) is 5.82 Å². The molecule has 1 atom stereocenters. The number of carbonyl (C=O) groups is 1. The molecule has 0 bridgehead atoms. The zero-order valence-electron chi connectivity index (χ0n) is 20.8. The lowest BCUT2D eigenvalue weighted by molar-refractivity contribution is -0.138. The van der Waals surface area contributed by atoms with Crippen LogP contribution in [-0.2, 0) is 30.2 Å². The number of alkyl halides is 3. The minimum atomic E-state index is -4.70. The number of hydrogen-bond donors (Lipinski definition) is 0. The van der Waals surface area contributed by atoms with Crippen molar-refractivity contribution in [3.05, 3.63) is 76.1 Å². The number of halogens is 3. The number of ether oxygens (including phenoxy) is 1. The van der Waals surface area contributed by atoms with Gasteiger partial charge in [0, 0.05) is 43.9 Å². The van der Waals surface area contributed by atoms with Crippen molar-refractivity contribution in [2.24, 2.45) is 0 Å². The van der Waals surface area contributed by atoms with Gasteiger partial charge in [-0.1, -0.05) is 30.3 Å². The van der Waals surface area contributed by atoms with E-state index in [9.17, 15) is 18.0 Å². The molecule has 0 radical (unpaired) electrons. The molecule has 1 fully saturated rings. The van der Waals surface area contributed by atoms with Crippen LogP contribution < -0.4 is 9.80 Å². The molecule has 0 amide bonds. The summed E-state index contributed by atoms with van der Waals surface area (Å²) in [4.78, 5) is 20.1. The summed E-state index contributed by atoms with van der Waals surface area (Å²) in [5, 5.41) is 9.24. The summed E-state index contributed by atoms with van der Waals surface area (Å²) in [6.07, 6.45) is -0.0236. The van der Waals surface area contributed by atoms with Crippen LogP contribution in [0.4, 0.5) is 24.8 Å². The zero-order chi connectivity index (χ0) is 26.2. The molecule has 1 aliphatic heterocycles. The molecule has 7 nitrogen and oxygen atoms in total. The van der Waals surface area contributed by atoms with Gasteiger partial charge in [-0.15, -0.1) is 5.10 Å². The normalized spacial score (nSPS) is 17.6. The van der Waals surface area contributed by atoms with Crippen molar-refractivity contribution in [2.45, 2.75) is 44.8 Å². The third kappa shape index (κ3) is 4.97. The second kappa shape index (κ2) is 9.99. The summed E-state index contributed by atoms with van der Waals surface area (Å²) in [5.74, 6) is -0.00479. The molecule has 1 saturated heterocycles. The maximum Gasteiger partial charge on any atom is 0.417 e. The molecule has 3 aromatic rings. The molecule has 0 unspecified atom stereocenters. The molecular weight excluding hydrogens is 483 g/mol. The molecular formula is C27H28F3N5O2. The Morgan fingerprint density at radius 1 is 1.11 bits per heavy atom. The highest BCUT2D eigenvalue weighted by Crippen LogP contribution is 2.36. The van der Waals surface area contributed by atoms with E-state index < -0.39 is 23.3 Å². The van der Waals surface area contributed by atoms with Crippen molar-refractivity contribution < 1.29 is 22.7 Å². The Bertz CT molecular complexity index is 1300. The number of benzene rings is 1. The van der Waals surface area contributed by atoms with Crippen LogP contribution in [0.15, 0.2) is 42.6 Å². The largest absolute Gasteiger partial charge is 0.465 e. The van der Waals surface area contributed by atoms with E-state index in [0.29, 0.717) is 19.6 Å². The van der Waals surface area contributed by atoms with E-state index in [-0.39, 0.29) is 11.9 Å². The quantitative estimate of drug-likeness (QED) is 0.468. The molecule has 2 aromatic heterocycles. The van der Waals surface area contributed by atoms with Crippen molar-refractivity contribution in [3.8, 4) is 0 Å². The highest BCUT2D eigenvalue weighted by Gasteiger charge is 2.38. The maximum atomic E-state index is 13.7. The van der Waals surface area contributed by atoms with E-state index in [1.807, 2.05) is 30.0 Å². The van der Waals surface area contributed by atoms with Gasteiger partial charge in [-0.3, -0.25) is 0 Å². The SMILES string of the molecule is COC(=O)c1cnc(N2CCN(c3nnc(Cc4ccccc4)c4c3CCC4)C[C@H]2C)cc1C(F)(F)F. The van der Waals surface area contributed by atoms with Crippen molar-refractivity contribution in [1.82, 2.24) is 15.2 Å². The molecule has 5 rings (SSSR count). The van der Waals surface area contributed by atoms with Gasteiger partial charge >= 0.3 is 12.1 Å². The van der Waals surface area contributed by atoms with Gasteiger partial charge in [0.25, 0.3) is 0 Å². The zero-order valence-corrected chi connectivity index (χ0v) is 20.8. The van der Waals surface area contributed by atoms with Gasteiger partial charge in [-0.2, -0.15) is 18.3 Å². The third-order valence-electron chi connectivity index (χ3n) is 7.14. The van der Waals surface area contributed by atoms with Gasteiger partial charge in [-0.05, 0) is 43.4 Å². The fourth-order valence-corrected chi connectivity index (χ4v) is 5.32. The third-order valence-corrected chi connectivity index (χ3v) is 7.14. The molecule has 2 aliphatic rings. The molecule has 37 heavy (non-hydrogen) atoms. The lowest BCUT2D eigenvalue weighted by Crippen LogP contribution is -2.53. The Hall–Kier alpha value is -3.69. The summed E-state index contributed by atoms with van der Waals surface area (Å²) >= 11 is 0. The minimum Gasteiger partial charge on any atom is -0.465 e. The second-order valence-electron chi connectivity index (χ2n) is 9.51. The minimum absolute atomic E-state index is 0.130. The second-order valence-corrected chi connectivity index (χ2v) is 9.51. The monoisotopic (exact) mass is 511 g/mol. The van der Waals surface area contributed by atoms with E-state index in [4.69, 9.17) is 0 Å². The number of piperazine rings is 1. The predicted molar refractivity (Wildman–Crippen MR) is 133 cm³/mol. The van der Waals surface area contributed by atoms with Gasteiger partial charge in [-0.25, -0.2) is 9.78 Å². The van der Waals surface area contributed by atoms with Crippen LogP contribution in [0.25, 0.3) is 0 Å². The number of aromatic nitrogens is 3. The first-order valence-corrected chi connectivity index (χ1v) is 12.3. The average Bonchev–Trinajstić information content (AvgIpc) is 3.39. The van der Waals surface area contributed by atoms with Gasteiger partial charge in [0.05, 0.1) is 23.9 Å². The molecule has 0 spiro atoms. The first-order valence-electron chi connectivity index (χ1n) is 12.3. The number of rotatable bonds is 5. The Kier molecular flexibility index (Phi) is 6.74. The van der Waals surface area contributed by atoms with E-state index in [1.54, 1.807) is 0 Å². The number of fused-ring (bicyclic) bond motifs is 1. The molecule has 1 aromatic carbocycles. The molecule has 1 aliphatic carbocycles. The van der Waals surface area contributed by atoms with E-state index in [2.05, 4.69) is 37.0 Å². The van der Waals surface area contributed by atoms with Crippen LogP contribution in [0, 0.1) is 0 Å². The van der Waals surface area contributed by atoms with Crippen LogP contribution in [0.5, 0.6) is 0 Å². The number of esters is 1. The van der Waals surface area contributed by atoms with Crippen molar-refractivity contribution in [1.29, 1.82) is 0 Å². The Balaban J connectivity index is 1.37. The van der Waals surface area contributed by atoms with Crippen LogP contribution in [0.1, 0.15) is 51.7 Å². The number of hydrogen-bond acceptors (Lipinski definition) is 7. The molecule has 0 N–H and O–H groups in total. The molecule has 10 heteroatoms. The Labute approximate surface area is 213 Å². The first kappa shape index (κ1) is 25.0. The summed E-state index contributed by atoms with van der Waals surface area (Å²) in [6.45, 7) is 3.56. The smallest absolute Gasteiger partial charge is 0.417 e. The van der Waals surface area contributed by atoms with Crippen molar-refractivity contribution in [2.75, 3.05) is 36.5 Å². The maximum absolute atomic E-state index is 13.7. The summed E-state index contributed by atoms with van der Waals surface area (Å²) in [5.41, 5.74) is 3.09. The lowest BCUT2D eigenvalue weighted by Gasteiger charge is -2.41. The number of pyridine rings is 1. The molecule has 3 heterocycles. The fraction of sp³-hybridized carbons (Fsp3) is 0.407. The molecule has 0 saturated carbocycles. The fourth-order valence-electron chi connectivity index (χ4n) is 5.32. The van der Waals surface area contributed by atoms with Crippen molar-refractivity contribution in [3.63, 3.8) is 0 Å². The standard InChI is InChI=1S/C27H28F3N5O2/c1-17-16-34(11-12-35(17)24-14-22(27(28,29)30)21(15-31-24)26(36)37-2)25-20-10-6-9-19(20)23(32-33-25)13-18-7-4-3-5-8-18/h3-5,7-8,14-15,17H,6,9-13,16H2,1-2H3/t17-/m1/s1. The van der Waals surface area contributed by atoms with Crippen LogP contribution in [-0.4, -0.2) is 53.9 Å². The highest BCUT2D eigenvalue weighted by molar-refractivity contribution is 5.91. The first-order chi connectivity index (χ1) is 17.8. The number of nitrogens with zero attached hydrogens (tertiary/aromatic N) is 5. The van der Waals surface area contributed by atoms with Crippen molar-refractivity contribution >= 4 is 17.6 Å². The molecule has 194 valence electrons. The highest BCUT2D eigenvalue weighted by atomic mass is 19.4. The van der Waals surface area contributed by atoms with Gasteiger partial charge < -0.3 is 14.5 Å². The van der Waals surface area contributed by atoms with E-state index in [0.717, 1.165) is 56.6 Å². The number of methoxy groups -OCH3 is 1. The van der Waals surface area contributed by atoms with Crippen LogP contribution in [0.2, 0.25) is 0 Å².